The van der Waals surface area contributed by atoms with Crippen molar-refractivity contribution in [2.24, 2.45) is 0 Å². The molecule has 1 aliphatic rings. The van der Waals surface area contributed by atoms with Crippen LogP contribution >= 0.6 is 15.9 Å². The molecular weight excluding hydrogens is 362 g/mol. The van der Waals surface area contributed by atoms with Crippen molar-refractivity contribution in [2.75, 3.05) is 6.61 Å². The molecule has 5 nitrogen and oxygen atoms in total. The molecule has 1 unspecified atom stereocenters. The predicted molar refractivity (Wildman–Crippen MR) is 86.6 cm³/mol. The van der Waals surface area contributed by atoms with E-state index >= 15 is 0 Å². The summed E-state index contributed by atoms with van der Waals surface area (Å²) in [4.78, 5) is 29.7. The molecule has 1 atom stereocenters. The largest absolute Gasteiger partial charge is 0.383 e. The molecule has 1 heterocycles. The highest BCUT2D eigenvalue weighted by atomic mass is 79.9. The highest BCUT2D eigenvalue weighted by molar-refractivity contribution is 9.10. The van der Waals surface area contributed by atoms with Gasteiger partial charge in [-0.2, -0.15) is 0 Å². The minimum atomic E-state index is -1.34. The van der Waals surface area contributed by atoms with E-state index < -0.39 is 17.4 Å². The van der Waals surface area contributed by atoms with E-state index in [2.05, 4.69) is 15.9 Å². The lowest BCUT2D eigenvalue weighted by Gasteiger charge is -2.25. The summed E-state index contributed by atoms with van der Waals surface area (Å²) in [5.41, 5.74) is -0.102. The smallest absolute Gasteiger partial charge is 0.285 e. The number of rotatable bonds is 4. The lowest BCUT2D eigenvalue weighted by atomic mass is 9.97. The fourth-order valence-electron chi connectivity index (χ4n) is 2.37. The Hall–Kier alpha value is -2.02. The highest BCUT2D eigenvalue weighted by Gasteiger charge is 2.38. The number of nitrogens with zero attached hydrogens (tertiary/aromatic N) is 1. The minimum absolute atomic E-state index is 0.222. The summed E-state index contributed by atoms with van der Waals surface area (Å²) in [5, 5.41) is 11.2. The summed E-state index contributed by atoms with van der Waals surface area (Å²) >= 11 is 3.33. The van der Waals surface area contributed by atoms with Gasteiger partial charge in [0.1, 0.15) is 12.2 Å². The number of hydroxylamine groups is 2. The van der Waals surface area contributed by atoms with Crippen LogP contribution < -0.4 is 0 Å². The van der Waals surface area contributed by atoms with Crippen molar-refractivity contribution in [3.63, 3.8) is 0 Å². The summed E-state index contributed by atoms with van der Waals surface area (Å²) in [6.07, 6.45) is 0. The van der Waals surface area contributed by atoms with Crippen molar-refractivity contribution in [2.45, 2.75) is 12.5 Å². The maximum absolute atomic E-state index is 12.2. The number of benzene rings is 2. The Morgan fingerprint density at radius 3 is 2.09 bits per heavy atom. The van der Waals surface area contributed by atoms with Crippen LogP contribution in [0.25, 0.3) is 0 Å². The van der Waals surface area contributed by atoms with Gasteiger partial charge in [0, 0.05) is 4.47 Å². The first-order chi connectivity index (χ1) is 10.9. The van der Waals surface area contributed by atoms with Crippen molar-refractivity contribution in [3.8, 4) is 0 Å². The number of imide groups is 1. The molecule has 1 aliphatic heterocycles. The Kier molecular flexibility index (Phi) is 4.06. The van der Waals surface area contributed by atoms with Crippen LogP contribution in [-0.4, -0.2) is 28.6 Å². The summed E-state index contributed by atoms with van der Waals surface area (Å²) in [6, 6.07) is 13.6. The van der Waals surface area contributed by atoms with Crippen molar-refractivity contribution in [1.29, 1.82) is 0 Å². The van der Waals surface area contributed by atoms with Gasteiger partial charge in [-0.15, -0.1) is 5.06 Å². The van der Waals surface area contributed by atoms with E-state index in [-0.39, 0.29) is 6.61 Å². The zero-order chi connectivity index (χ0) is 16.6. The Bertz CT molecular complexity index is 735. The maximum Gasteiger partial charge on any atom is 0.285 e. The summed E-state index contributed by atoms with van der Waals surface area (Å²) < 4.78 is 0.887. The van der Waals surface area contributed by atoms with Crippen molar-refractivity contribution in [1.82, 2.24) is 5.06 Å². The number of halogens is 1. The van der Waals surface area contributed by atoms with Crippen molar-refractivity contribution < 1.29 is 19.5 Å². The summed E-state index contributed by atoms with van der Waals surface area (Å²) in [6.45, 7) is 1.34. The van der Waals surface area contributed by atoms with Crippen LogP contribution in [0.1, 0.15) is 33.2 Å². The quantitative estimate of drug-likeness (QED) is 0.834. The molecule has 0 saturated carbocycles. The lowest BCUT2D eigenvalue weighted by molar-refractivity contribution is -0.144. The Morgan fingerprint density at radius 2 is 1.57 bits per heavy atom. The van der Waals surface area contributed by atoms with Gasteiger partial charge in [0.05, 0.1) is 11.1 Å². The van der Waals surface area contributed by atoms with Gasteiger partial charge < -0.3 is 5.11 Å². The number of carbonyl (C=O) groups is 2. The SMILES string of the molecule is CC(O)(CON1C(=O)c2ccccc2C1=O)c1ccc(Br)cc1. The third kappa shape index (κ3) is 2.93. The molecule has 0 saturated heterocycles. The molecule has 0 radical (unpaired) electrons. The van der Waals surface area contributed by atoms with Gasteiger partial charge in [0.25, 0.3) is 11.8 Å². The number of aliphatic hydroxyl groups is 1. The van der Waals surface area contributed by atoms with Crippen LogP contribution in [0.5, 0.6) is 0 Å². The van der Waals surface area contributed by atoms with E-state index in [1.165, 1.54) is 0 Å². The fourth-order valence-corrected chi connectivity index (χ4v) is 2.63. The van der Waals surface area contributed by atoms with Gasteiger partial charge in [-0.25, -0.2) is 0 Å². The summed E-state index contributed by atoms with van der Waals surface area (Å²) in [7, 11) is 0. The molecule has 1 N–H and O–H groups in total. The van der Waals surface area contributed by atoms with E-state index in [0.717, 1.165) is 4.47 Å². The zero-order valence-electron chi connectivity index (χ0n) is 12.3. The van der Waals surface area contributed by atoms with E-state index in [1.807, 2.05) is 0 Å². The maximum atomic E-state index is 12.2. The van der Waals surface area contributed by atoms with Gasteiger partial charge in [0.2, 0.25) is 0 Å². The van der Waals surface area contributed by atoms with E-state index in [0.29, 0.717) is 21.8 Å². The van der Waals surface area contributed by atoms with Crippen LogP contribution in [0.15, 0.2) is 53.0 Å². The number of amides is 2. The van der Waals surface area contributed by atoms with Gasteiger partial charge in [-0.05, 0) is 36.8 Å². The molecule has 23 heavy (non-hydrogen) atoms. The van der Waals surface area contributed by atoms with Crippen molar-refractivity contribution >= 4 is 27.7 Å². The van der Waals surface area contributed by atoms with Crippen LogP contribution in [-0.2, 0) is 10.4 Å². The topological polar surface area (TPSA) is 66.8 Å². The summed E-state index contributed by atoms with van der Waals surface area (Å²) in [5.74, 6) is -1.03. The number of carbonyl (C=O) groups excluding carboxylic acids is 2. The molecule has 0 spiro atoms. The molecule has 0 aromatic heterocycles. The second-order valence-corrected chi connectivity index (χ2v) is 6.42. The third-order valence-electron chi connectivity index (χ3n) is 3.70. The monoisotopic (exact) mass is 375 g/mol. The van der Waals surface area contributed by atoms with Gasteiger partial charge in [-0.3, -0.25) is 14.4 Å². The standard InChI is InChI=1S/C17H14BrNO4/c1-17(22,11-6-8-12(18)9-7-11)10-23-19-15(20)13-4-2-3-5-14(13)16(19)21/h2-9,22H,10H2,1H3. The number of hydrogen-bond donors (Lipinski definition) is 1. The molecule has 0 bridgehead atoms. The number of hydrogen-bond acceptors (Lipinski definition) is 4. The van der Waals surface area contributed by atoms with Gasteiger partial charge in [-0.1, -0.05) is 40.2 Å². The Labute approximate surface area is 141 Å². The van der Waals surface area contributed by atoms with Gasteiger partial charge >= 0.3 is 0 Å². The van der Waals surface area contributed by atoms with Crippen LogP contribution in [0.4, 0.5) is 0 Å². The van der Waals surface area contributed by atoms with E-state index in [1.54, 1.807) is 55.5 Å². The first kappa shape index (κ1) is 15.9. The lowest BCUT2D eigenvalue weighted by Crippen LogP contribution is -2.37. The Morgan fingerprint density at radius 1 is 1.04 bits per heavy atom. The normalized spacial score (nSPS) is 16.4. The fraction of sp³-hybridized carbons (Fsp3) is 0.176. The molecule has 6 heteroatoms. The second-order valence-electron chi connectivity index (χ2n) is 5.50. The zero-order valence-corrected chi connectivity index (χ0v) is 13.9. The third-order valence-corrected chi connectivity index (χ3v) is 4.23. The number of fused-ring (bicyclic) bond motifs is 1. The molecule has 2 aromatic rings. The van der Waals surface area contributed by atoms with Crippen LogP contribution in [0, 0.1) is 0 Å². The molecule has 0 aliphatic carbocycles. The van der Waals surface area contributed by atoms with Crippen LogP contribution in [0.3, 0.4) is 0 Å². The first-order valence-corrected chi connectivity index (χ1v) is 7.78. The van der Waals surface area contributed by atoms with Crippen molar-refractivity contribution in [3.05, 3.63) is 69.7 Å². The Balaban J connectivity index is 1.75. The molecule has 2 amide bonds. The average Bonchev–Trinajstić information content (AvgIpc) is 2.78. The van der Waals surface area contributed by atoms with Gasteiger partial charge in [0.15, 0.2) is 0 Å². The predicted octanol–water partition coefficient (Wildman–Crippen LogP) is 2.88. The molecule has 0 fully saturated rings. The van der Waals surface area contributed by atoms with E-state index in [4.69, 9.17) is 4.84 Å². The molecule has 118 valence electrons. The highest BCUT2D eigenvalue weighted by Crippen LogP contribution is 2.26. The second kappa shape index (κ2) is 5.88. The minimum Gasteiger partial charge on any atom is -0.383 e. The molecule has 2 aromatic carbocycles. The average molecular weight is 376 g/mol. The molecule has 3 rings (SSSR count). The molecular formula is C17H14BrNO4. The van der Waals surface area contributed by atoms with Crippen LogP contribution in [0.2, 0.25) is 0 Å². The first-order valence-electron chi connectivity index (χ1n) is 6.99. The van der Waals surface area contributed by atoms with E-state index in [9.17, 15) is 14.7 Å².